The van der Waals surface area contributed by atoms with Gasteiger partial charge in [0.05, 0.1) is 11.4 Å². The third-order valence-electron chi connectivity index (χ3n) is 5.20. The minimum absolute atomic E-state index is 0.700. The van der Waals surface area contributed by atoms with Gasteiger partial charge < -0.3 is 4.74 Å². The molecule has 0 aliphatic carbocycles. The molecule has 0 aliphatic rings. The molecule has 33 heavy (non-hydrogen) atoms. The van der Waals surface area contributed by atoms with E-state index >= 15 is 0 Å². The number of hydrogen-bond acceptors (Lipinski definition) is 3. The summed E-state index contributed by atoms with van der Waals surface area (Å²) >= 11 is 0. The van der Waals surface area contributed by atoms with Gasteiger partial charge in [-0.2, -0.15) is 0 Å². The molecule has 0 N–H and O–H groups in total. The van der Waals surface area contributed by atoms with E-state index in [1.807, 2.05) is 105 Å². The van der Waals surface area contributed by atoms with Gasteiger partial charge >= 0.3 is 0 Å². The lowest BCUT2D eigenvalue weighted by molar-refractivity contribution is 0.440. The molecule has 162 valence electrons. The fourth-order valence-corrected chi connectivity index (χ4v) is 3.50. The standard InChI is InChI=1S/C30H26N2O/c1-4-12-22(3)29(5-2)33-26-19-17-24(18-20-26)28-21-27(23-13-8-6-9-14-23)31-30(32-28)25-15-10-7-11-16-25/h4-21H,2H2,1,3H3/b12-4-,29-22+. The van der Waals surface area contributed by atoms with Gasteiger partial charge in [-0.3, -0.25) is 0 Å². The van der Waals surface area contributed by atoms with Crippen LogP contribution in [0.5, 0.6) is 5.75 Å². The molecule has 3 aromatic carbocycles. The summed E-state index contributed by atoms with van der Waals surface area (Å²) in [6.07, 6.45) is 5.71. The summed E-state index contributed by atoms with van der Waals surface area (Å²) in [6, 6.07) is 30.2. The van der Waals surface area contributed by atoms with Crippen molar-refractivity contribution in [2.24, 2.45) is 0 Å². The van der Waals surface area contributed by atoms with E-state index in [2.05, 4.69) is 18.7 Å². The topological polar surface area (TPSA) is 35.0 Å². The molecule has 0 bridgehead atoms. The third-order valence-corrected chi connectivity index (χ3v) is 5.20. The van der Waals surface area contributed by atoms with Gasteiger partial charge in [0, 0.05) is 16.7 Å². The van der Waals surface area contributed by atoms with Crippen molar-refractivity contribution in [3.05, 3.63) is 127 Å². The molecule has 3 heteroatoms. The molecular formula is C30H26N2O. The maximum absolute atomic E-state index is 6.03. The van der Waals surface area contributed by atoms with Gasteiger partial charge in [0.1, 0.15) is 11.5 Å². The Labute approximate surface area is 195 Å². The first kappa shape index (κ1) is 22.0. The van der Waals surface area contributed by atoms with E-state index in [-0.39, 0.29) is 0 Å². The van der Waals surface area contributed by atoms with Gasteiger partial charge in [-0.05, 0) is 55.8 Å². The summed E-state index contributed by atoms with van der Waals surface area (Å²) in [7, 11) is 0. The molecule has 3 nitrogen and oxygen atoms in total. The van der Waals surface area contributed by atoms with Crippen molar-refractivity contribution in [3.63, 3.8) is 0 Å². The van der Waals surface area contributed by atoms with Crippen LogP contribution < -0.4 is 4.74 Å². The second-order valence-electron chi connectivity index (χ2n) is 7.57. The van der Waals surface area contributed by atoms with Crippen LogP contribution in [0.3, 0.4) is 0 Å². The highest BCUT2D eigenvalue weighted by atomic mass is 16.5. The molecular weight excluding hydrogens is 404 g/mol. The van der Waals surface area contributed by atoms with Crippen LogP contribution >= 0.6 is 0 Å². The quantitative estimate of drug-likeness (QED) is 0.221. The van der Waals surface area contributed by atoms with E-state index in [1.54, 1.807) is 6.08 Å². The Morgan fingerprint density at radius 3 is 1.85 bits per heavy atom. The maximum Gasteiger partial charge on any atom is 0.160 e. The van der Waals surface area contributed by atoms with Crippen LogP contribution in [0, 0.1) is 0 Å². The number of nitrogens with zero attached hydrogens (tertiary/aromatic N) is 2. The molecule has 0 amide bonds. The van der Waals surface area contributed by atoms with E-state index in [0.717, 1.165) is 45.2 Å². The van der Waals surface area contributed by atoms with Crippen molar-refractivity contribution in [3.8, 4) is 39.7 Å². The molecule has 0 spiro atoms. The number of benzene rings is 3. The van der Waals surface area contributed by atoms with Crippen LogP contribution in [-0.2, 0) is 0 Å². The highest BCUT2D eigenvalue weighted by molar-refractivity contribution is 5.71. The van der Waals surface area contributed by atoms with Crippen molar-refractivity contribution < 1.29 is 4.74 Å². The molecule has 4 aromatic rings. The first-order valence-electron chi connectivity index (χ1n) is 10.9. The predicted molar refractivity (Wildman–Crippen MR) is 137 cm³/mol. The monoisotopic (exact) mass is 430 g/mol. The van der Waals surface area contributed by atoms with E-state index in [0.29, 0.717) is 5.82 Å². The molecule has 1 heterocycles. The fourth-order valence-electron chi connectivity index (χ4n) is 3.50. The van der Waals surface area contributed by atoms with Gasteiger partial charge in [-0.25, -0.2) is 9.97 Å². The van der Waals surface area contributed by atoms with Gasteiger partial charge in [0.25, 0.3) is 0 Å². The highest BCUT2D eigenvalue weighted by Crippen LogP contribution is 2.29. The molecule has 0 fully saturated rings. The van der Waals surface area contributed by atoms with Gasteiger partial charge in [0.15, 0.2) is 5.82 Å². The van der Waals surface area contributed by atoms with Crippen LogP contribution in [0.2, 0.25) is 0 Å². The Morgan fingerprint density at radius 2 is 1.30 bits per heavy atom. The number of hydrogen-bond donors (Lipinski definition) is 0. The van der Waals surface area contributed by atoms with Crippen molar-refractivity contribution >= 4 is 0 Å². The van der Waals surface area contributed by atoms with Crippen molar-refractivity contribution in [2.45, 2.75) is 13.8 Å². The van der Waals surface area contributed by atoms with Crippen LogP contribution in [0.1, 0.15) is 13.8 Å². The minimum Gasteiger partial charge on any atom is -0.457 e. The largest absolute Gasteiger partial charge is 0.457 e. The Morgan fingerprint density at radius 1 is 0.758 bits per heavy atom. The fraction of sp³-hybridized carbons (Fsp3) is 0.0667. The zero-order chi connectivity index (χ0) is 23.0. The van der Waals surface area contributed by atoms with E-state index in [4.69, 9.17) is 14.7 Å². The summed E-state index contributed by atoms with van der Waals surface area (Å²) in [5.41, 5.74) is 5.80. The Balaban J connectivity index is 1.72. The first-order chi connectivity index (χ1) is 16.2. The summed E-state index contributed by atoms with van der Waals surface area (Å²) in [5, 5.41) is 0. The number of rotatable bonds is 7. The van der Waals surface area contributed by atoms with Crippen LogP contribution in [-0.4, -0.2) is 9.97 Å². The molecule has 0 atom stereocenters. The predicted octanol–water partition coefficient (Wildman–Crippen LogP) is 7.89. The van der Waals surface area contributed by atoms with Gasteiger partial charge in [0.2, 0.25) is 0 Å². The smallest absolute Gasteiger partial charge is 0.160 e. The highest BCUT2D eigenvalue weighted by Gasteiger charge is 2.11. The summed E-state index contributed by atoms with van der Waals surface area (Å²) < 4.78 is 6.03. The van der Waals surface area contributed by atoms with Crippen LogP contribution in [0.25, 0.3) is 33.9 Å². The van der Waals surface area contributed by atoms with Crippen molar-refractivity contribution in [1.82, 2.24) is 9.97 Å². The Kier molecular flexibility index (Phi) is 6.91. The van der Waals surface area contributed by atoms with E-state index in [1.165, 1.54) is 0 Å². The van der Waals surface area contributed by atoms with Crippen molar-refractivity contribution in [1.29, 1.82) is 0 Å². The molecule has 0 aliphatic heterocycles. The van der Waals surface area contributed by atoms with Crippen molar-refractivity contribution in [2.75, 3.05) is 0 Å². The lowest BCUT2D eigenvalue weighted by Gasteiger charge is -2.11. The molecule has 0 saturated heterocycles. The second kappa shape index (κ2) is 10.4. The minimum atomic E-state index is 0.700. The number of ether oxygens (including phenoxy) is 1. The SMILES string of the molecule is C=C/C(Oc1ccc(-c2cc(-c3ccccc3)nc(-c3ccccc3)n2)cc1)=C(C)\C=C/C. The van der Waals surface area contributed by atoms with Gasteiger partial charge in [-0.1, -0.05) is 79.4 Å². The van der Waals surface area contributed by atoms with E-state index < -0.39 is 0 Å². The van der Waals surface area contributed by atoms with E-state index in [9.17, 15) is 0 Å². The zero-order valence-corrected chi connectivity index (χ0v) is 18.9. The Bertz CT molecular complexity index is 1230. The normalized spacial score (nSPS) is 11.8. The summed E-state index contributed by atoms with van der Waals surface area (Å²) in [5.74, 6) is 2.19. The van der Waals surface area contributed by atoms with Crippen LogP contribution in [0.4, 0.5) is 0 Å². The van der Waals surface area contributed by atoms with Gasteiger partial charge in [-0.15, -0.1) is 0 Å². The molecule has 0 unspecified atom stereocenters. The van der Waals surface area contributed by atoms with Crippen LogP contribution in [0.15, 0.2) is 127 Å². The average Bonchev–Trinajstić information content (AvgIpc) is 2.88. The first-order valence-corrected chi connectivity index (χ1v) is 10.9. The summed E-state index contributed by atoms with van der Waals surface area (Å²) in [4.78, 5) is 9.72. The molecule has 1 aromatic heterocycles. The molecule has 4 rings (SSSR count). The number of aromatic nitrogens is 2. The maximum atomic E-state index is 6.03. The second-order valence-corrected chi connectivity index (χ2v) is 7.57. The number of allylic oxidation sites excluding steroid dienone is 4. The Hall–Kier alpha value is -4.24. The average molecular weight is 431 g/mol. The zero-order valence-electron chi connectivity index (χ0n) is 18.9. The third kappa shape index (κ3) is 5.34. The summed E-state index contributed by atoms with van der Waals surface area (Å²) in [6.45, 7) is 7.85. The molecule has 0 saturated carbocycles. The molecule has 0 radical (unpaired) electrons. The lowest BCUT2D eigenvalue weighted by Crippen LogP contribution is -1.97. The lowest BCUT2D eigenvalue weighted by atomic mass is 10.1.